The predicted octanol–water partition coefficient (Wildman–Crippen LogP) is 3.27. The van der Waals surface area contributed by atoms with Crippen molar-refractivity contribution in [3.8, 4) is 0 Å². The highest BCUT2D eigenvalue weighted by Gasteiger charge is 2.35. The number of aromatic amines is 1. The molecule has 4 rings (SSSR count). The number of para-hydroxylation sites is 1. The highest BCUT2D eigenvalue weighted by Crippen LogP contribution is 2.30. The number of allylic oxidation sites excluding steroid dienone is 2. The van der Waals surface area contributed by atoms with Gasteiger partial charge in [-0.05, 0) is 34.5 Å². The van der Waals surface area contributed by atoms with Crippen LogP contribution < -0.4 is 0 Å². The van der Waals surface area contributed by atoms with Gasteiger partial charge in [0.1, 0.15) is 0 Å². The molecule has 0 spiro atoms. The van der Waals surface area contributed by atoms with E-state index in [1.807, 2.05) is 41.1 Å². The van der Waals surface area contributed by atoms with Gasteiger partial charge in [-0.2, -0.15) is 16.4 Å². The molecule has 5 heteroatoms. The summed E-state index contributed by atoms with van der Waals surface area (Å²) in [4.78, 5) is 25.0. The van der Waals surface area contributed by atoms with Crippen molar-refractivity contribution in [2.75, 3.05) is 0 Å². The molecule has 2 atom stereocenters. The highest BCUT2D eigenvalue weighted by atomic mass is 32.1. The molecule has 1 aliphatic rings. The number of nitrogens with one attached hydrogen (secondary N) is 1. The SMILES string of the molecule is O=C1C=CC(c2ccsc2)C(=O)C1Cc1[nH]nc2ccccc12. The normalized spacial score (nSPS) is 21.2. The Labute approximate surface area is 136 Å². The van der Waals surface area contributed by atoms with Crippen molar-refractivity contribution in [2.45, 2.75) is 12.3 Å². The number of thiophene rings is 1. The fourth-order valence-electron chi connectivity index (χ4n) is 3.06. The van der Waals surface area contributed by atoms with E-state index < -0.39 is 5.92 Å². The molecule has 0 fully saturated rings. The Morgan fingerprint density at radius 3 is 2.87 bits per heavy atom. The minimum atomic E-state index is -0.645. The Hall–Kier alpha value is -2.53. The van der Waals surface area contributed by atoms with Gasteiger partial charge in [-0.25, -0.2) is 0 Å². The number of carbonyl (C=O) groups excluding carboxylic acids is 2. The minimum Gasteiger partial charge on any atom is -0.298 e. The number of nitrogens with zero attached hydrogens (tertiary/aromatic N) is 1. The van der Waals surface area contributed by atoms with Gasteiger partial charge in [0.05, 0.1) is 17.4 Å². The van der Waals surface area contributed by atoms with Crippen LogP contribution in [0.4, 0.5) is 0 Å². The minimum absolute atomic E-state index is 0.0328. The molecule has 0 bridgehead atoms. The molecular formula is C18H14N2O2S. The van der Waals surface area contributed by atoms with E-state index in [1.165, 1.54) is 0 Å². The summed E-state index contributed by atoms with van der Waals surface area (Å²) in [6.07, 6.45) is 3.63. The number of fused-ring (bicyclic) bond motifs is 1. The molecule has 0 saturated carbocycles. The molecule has 3 aromatic rings. The van der Waals surface area contributed by atoms with Gasteiger partial charge >= 0.3 is 0 Å². The van der Waals surface area contributed by atoms with Crippen LogP contribution in [0.5, 0.6) is 0 Å². The first-order chi connectivity index (χ1) is 11.2. The first-order valence-corrected chi connectivity index (χ1v) is 8.38. The molecule has 23 heavy (non-hydrogen) atoms. The number of hydrogen-bond acceptors (Lipinski definition) is 4. The summed E-state index contributed by atoms with van der Waals surface area (Å²) in [5, 5.41) is 12.1. The monoisotopic (exact) mass is 322 g/mol. The topological polar surface area (TPSA) is 62.8 Å². The number of carbonyl (C=O) groups is 2. The van der Waals surface area contributed by atoms with E-state index >= 15 is 0 Å². The molecule has 0 saturated heterocycles. The molecule has 4 nitrogen and oxygen atoms in total. The van der Waals surface area contributed by atoms with Gasteiger partial charge in [-0.3, -0.25) is 14.7 Å². The third-order valence-electron chi connectivity index (χ3n) is 4.30. The van der Waals surface area contributed by atoms with Gasteiger partial charge in [0.25, 0.3) is 0 Å². The van der Waals surface area contributed by atoms with Crippen LogP contribution in [0.1, 0.15) is 17.2 Å². The molecule has 114 valence electrons. The first-order valence-electron chi connectivity index (χ1n) is 7.44. The van der Waals surface area contributed by atoms with Gasteiger partial charge in [0.2, 0.25) is 0 Å². The van der Waals surface area contributed by atoms with Gasteiger partial charge < -0.3 is 0 Å². The average Bonchev–Trinajstić information content (AvgIpc) is 3.21. The van der Waals surface area contributed by atoms with Gasteiger partial charge in [-0.15, -0.1) is 0 Å². The third kappa shape index (κ3) is 2.43. The summed E-state index contributed by atoms with van der Waals surface area (Å²) < 4.78 is 0. The maximum Gasteiger partial charge on any atom is 0.166 e. The molecule has 0 radical (unpaired) electrons. The lowest BCUT2D eigenvalue weighted by Crippen LogP contribution is -2.32. The van der Waals surface area contributed by atoms with Gasteiger partial charge in [0, 0.05) is 17.5 Å². The van der Waals surface area contributed by atoms with Crippen molar-refractivity contribution in [2.24, 2.45) is 5.92 Å². The van der Waals surface area contributed by atoms with Crippen LogP contribution in [-0.4, -0.2) is 21.8 Å². The average molecular weight is 322 g/mol. The Kier molecular flexibility index (Phi) is 3.42. The zero-order valence-corrected chi connectivity index (χ0v) is 13.0. The van der Waals surface area contributed by atoms with Crippen molar-refractivity contribution in [3.05, 3.63) is 64.5 Å². The Morgan fingerprint density at radius 1 is 1.17 bits per heavy atom. The quantitative estimate of drug-likeness (QED) is 0.753. The van der Waals surface area contributed by atoms with E-state index in [0.717, 1.165) is 22.2 Å². The third-order valence-corrected chi connectivity index (χ3v) is 5.00. The summed E-state index contributed by atoms with van der Waals surface area (Å²) in [5.74, 6) is -1.12. The number of benzene rings is 1. The second-order valence-electron chi connectivity index (χ2n) is 5.67. The molecule has 2 heterocycles. The molecule has 1 aromatic carbocycles. The molecule has 1 aliphatic carbocycles. The Bertz CT molecular complexity index is 908. The van der Waals surface area contributed by atoms with Crippen molar-refractivity contribution in [1.82, 2.24) is 10.2 Å². The Morgan fingerprint density at radius 2 is 2.04 bits per heavy atom. The number of ketones is 2. The largest absolute Gasteiger partial charge is 0.298 e. The Balaban J connectivity index is 1.67. The molecule has 2 aromatic heterocycles. The predicted molar refractivity (Wildman–Crippen MR) is 89.5 cm³/mol. The highest BCUT2D eigenvalue weighted by molar-refractivity contribution is 7.08. The second-order valence-corrected chi connectivity index (χ2v) is 6.45. The maximum atomic E-state index is 12.8. The standard InChI is InChI=1S/C18H14N2O2S/c21-17-6-5-12(11-7-8-23-10-11)18(22)14(17)9-16-13-3-1-2-4-15(13)19-20-16/h1-8,10,12,14H,9H2,(H,19,20). The van der Waals surface area contributed by atoms with E-state index in [1.54, 1.807) is 23.5 Å². The van der Waals surface area contributed by atoms with Crippen LogP contribution >= 0.6 is 11.3 Å². The summed E-state index contributed by atoms with van der Waals surface area (Å²) in [6, 6.07) is 9.65. The second kappa shape index (κ2) is 5.59. The zero-order chi connectivity index (χ0) is 15.8. The molecular weight excluding hydrogens is 308 g/mol. The number of hydrogen-bond donors (Lipinski definition) is 1. The van der Waals surface area contributed by atoms with Crippen molar-refractivity contribution in [1.29, 1.82) is 0 Å². The van der Waals surface area contributed by atoms with E-state index in [9.17, 15) is 9.59 Å². The van der Waals surface area contributed by atoms with Crippen LogP contribution in [0, 0.1) is 5.92 Å². The van der Waals surface area contributed by atoms with Gasteiger partial charge in [0.15, 0.2) is 11.6 Å². The van der Waals surface area contributed by atoms with Crippen molar-refractivity contribution >= 4 is 33.8 Å². The summed E-state index contributed by atoms with van der Waals surface area (Å²) in [6.45, 7) is 0. The lowest BCUT2D eigenvalue weighted by atomic mass is 9.79. The number of aromatic nitrogens is 2. The van der Waals surface area contributed by atoms with Gasteiger partial charge in [-0.1, -0.05) is 24.3 Å². The van der Waals surface area contributed by atoms with E-state index in [-0.39, 0.29) is 17.5 Å². The van der Waals surface area contributed by atoms with Crippen LogP contribution in [0.3, 0.4) is 0 Å². The smallest absolute Gasteiger partial charge is 0.166 e. The van der Waals surface area contributed by atoms with Crippen molar-refractivity contribution in [3.63, 3.8) is 0 Å². The first kappa shape index (κ1) is 14.1. The van der Waals surface area contributed by atoms with Crippen LogP contribution in [0.15, 0.2) is 53.2 Å². The molecule has 2 unspecified atom stereocenters. The molecule has 1 N–H and O–H groups in total. The number of Topliss-reactive ketones (excluding diaryl/α,β-unsaturated/α-hetero) is 1. The maximum absolute atomic E-state index is 12.8. The van der Waals surface area contributed by atoms with Crippen LogP contribution in [0.25, 0.3) is 10.9 Å². The summed E-state index contributed by atoms with van der Waals surface area (Å²) >= 11 is 1.56. The lowest BCUT2D eigenvalue weighted by Gasteiger charge is -2.21. The molecule has 0 aliphatic heterocycles. The molecule has 0 amide bonds. The fourth-order valence-corrected chi connectivity index (χ4v) is 3.76. The van der Waals surface area contributed by atoms with Crippen LogP contribution in [-0.2, 0) is 16.0 Å². The van der Waals surface area contributed by atoms with E-state index in [0.29, 0.717) is 6.42 Å². The van der Waals surface area contributed by atoms with Crippen LogP contribution in [0.2, 0.25) is 0 Å². The number of H-pyrrole nitrogens is 1. The summed E-state index contributed by atoms with van der Waals surface area (Å²) in [5.41, 5.74) is 2.65. The van der Waals surface area contributed by atoms with Crippen molar-refractivity contribution < 1.29 is 9.59 Å². The van der Waals surface area contributed by atoms with E-state index in [4.69, 9.17) is 0 Å². The summed E-state index contributed by atoms with van der Waals surface area (Å²) in [7, 11) is 0. The number of rotatable bonds is 3. The zero-order valence-electron chi connectivity index (χ0n) is 12.2. The lowest BCUT2D eigenvalue weighted by molar-refractivity contribution is -0.131. The fraction of sp³-hybridized carbons (Fsp3) is 0.167. The van der Waals surface area contributed by atoms with E-state index in [2.05, 4.69) is 10.2 Å².